The Bertz CT molecular complexity index is 543. The number of fused-ring (bicyclic) bond motifs is 1. The minimum Gasteiger partial charge on any atom is -0.307 e. The molecule has 0 unspecified atom stereocenters. The molecule has 4 bridgehead atoms. The second kappa shape index (κ2) is 3.82. The van der Waals surface area contributed by atoms with Crippen molar-refractivity contribution in [3.8, 4) is 0 Å². The summed E-state index contributed by atoms with van der Waals surface area (Å²) < 4.78 is 0. The van der Waals surface area contributed by atoms with Crippen LogP contribution < -0.4 is 5.32 Å². The molecule has 2 heterocycles. The van der Waals surface area contributed by atoms with E-state index in [1.165, 1.54) is 61.3 Å². The second-order valence-electron chi connectivity index (χ2n) is 7.86. The summed E-state index contributed by atoms with van der Waals surface area (Å²) >= 11 is 0. The molecule has 0 radical (unpaired) electrons. The quantitative estimate of drug-likeness (QED) is 0.852. The minimum absolute atomic E-state index is 0.344. The SMILES string of the molecule is Cc1nc(C23CC4CC(CC(C4)C2)C3)nc2c1CNC2. The first-order valence-electron chi connectivity index (χ1n) is 8.29. The Morgan fingerprint density at radius 1 is 0.950 bits per heavy atom. The van der Waals surface area contributed by atoms with Crippen LogP contribution in [0, 0.1) is 24.7 Å². The van der Waals surface area contributed by atoms with Crippen molar-refractivity contribution < 1.29 is 0 Å². The first-order chi connectivity index (χ1) is 9.72. The molecule has 3 nitrogen and oxygen atoms in total. The van der Waals surface area contributed by atoms with Crippen LogP contribution in [0.2, 0.25) is 0 Å². The van der Waals surface area contributed by atoms with Crippen LogP contribution in [0.3, 0.4) is 0 Å². The van der Waals surface area contributed by atoms with E-state index in [1.54, 1.807) is 0 Å². The Hall–Kier alpha value is -0.960. The summed E-state index contributed by atoms with van der Waals surface area (Å²) in [6.45, 7) is 4.08. The average Bonchev–Trinajstić information content (AvgIpc) is 2.86. The third kappa shape index (κ3) is 1.50. The normalized spacial score (nSPS) is 41.1. The first kappa shape index (κ1) is 11.7. The largest absolute Gasteiger partial charge is 0.307 e. The lowest BCUT2D eigenvalue weighted by atomic mass is 9.49. The van der Waals surface area contributed by atoms with Crippen LogP contribution in [-0.4, -0.2) is 9.97 Å². The molecule has 5 aliphatic rings. The summed E-state index contributed by atoms with van der Waals surface area (Å²) in [6, 6.07) is 0. The van der Waals surface area contributed by atoms with Crippen molar-refractivity contribution in [1.82, 2.24) is 15.3 Å². The fourth-order valence-electron chi connectivity index (χ4n) is 5.96. The summed E-state index contributed by atoms with van der Waals surface area (Å²) in [5.74, 6) is 4.11. The maximum absolute atomic E-state index is 5.03. The highest BCUT2D eigenvalue weighted by atomic mass is 15.0. The van der Waals surface area contributed by atoms with Gasteiger partial charge in [0.2, 0.25) is 0 Å². The van der Waals surface area contributed by atoms with Gasteiger partial charge in [-0.3, -0.25) is 0 Å². The lowest BCUT2D eigenvalue weighted by Gasteiger charge is -2.56. The van der Waals surface area contributed by atoms with E-state index in [1.807, 2.05) is 0 Å². The zero-order chi connectivity index (χ0) is 13.3. The predicted octanol–water partition coefficient (Wildman–Crippen LogP) is 2.86. The summed E-state index contributed by atoms with van der Waals surface area (Å²) in [5.41, 5.74) is 4.21. The maximum Gasteiger partial charge on any atom is 0.135 e. The molecule has 106 valence electrons. The van der Waals surface area contributed by atoms with E-state index in [4.69, 9.17) is 9.97 Å². The molecule has 1 aromatic heterocycles. The van der Waals surface area contributed by atoms with Crippen LogP contribution in [0.5, 0.6) is 0 Å². The fourth-order valence-corrected chi connectivity index (χ4v) is 5.96. The van der Waals surface area contributed by atoms with Gasteiger partial charge in [-0.05, 0) is 63.2 Å². The third-order valence-electron chi connectivity index (χ3n) is 6.41. The van der Waals surface area contributed by atoms with Crippen LogP contribution >= 0.6 is 0 Å². The van der Waals surface area contributed by atoms with E-state index in [0.29, 0.717) is 5.41 Å². The summed E-state index contributed by atoms with van der Waals surface area (Å²) in [4.78, 5) is 10.0. The van der Waals surface area contributed by atoms with Gasteiger partial charge in [-0.25, -0.2) is 9.97 Å². The predicted molar refractivity (Wildman–Crippen MR) is 77.2 cm³/mol. The van der Waals surface area contributed by atoms with Gasteiger partial charge < -0.3 is 5.32 Å². The van der Waals surface area contributed by atoms with Crippen LogP contribution in [0.1, 0.15) is 61.3 Å². The molecule has 1 aromatic rings. The van der Waals surface area contributed by atoms with Gasteiger partial charge in [-0.15, -0.1) is 0 Å². The van der Waals surface area contributed by atoms with E-state index >= 15 is 0 Å². The third-order valence-corrected chi connectivity index (χ3v) is 6.41. The number of rotatable bonds is 1. The molecule has 3 heteroatoms. The molecule has 6 rings (SSSR count). The van der Waals surface area contributed by atoms with Crippen molar-refractivity contribution >= 4 is 0 Å². The molecule has 0 amide bonds. The van der Waals surface area contributed by atoms with Gasteiger partial charge >= 0.3 is 0 Å². The molecule has 4 fully saturated rings. The topological polar surface area (TPSA) is 37.8 Å². The summed E-state index contributed by atoms with van der Waals surface area (Å²) in [7, 11) is 0. The van der Waals surface area contributed by atoms with E-state index in [0.717, 1.165) is 30.8 Å². The molecule has 4 saturated carbocycles. The zero-order valence-corrected chi connectivity index (χ0v) is 12.3. The van der Waals surface area contributed by atoms with Gasteiger partial charge in [0.05, 0.1) is 5.69 Å². The van der Waals surface area contributed by atoms with Gasteiger partial charge in [0.25, 0.3) is 0 Å². The fraction of sp³-hybridized carbons (Fsp3) is 0.765. The van der Waals surface area contributed by atoms with E-state index in [-0.39, 0.29) is 0 Å². The number of nitrogens with zero attached hydrogens (tertiary/aromatic N) is 2. The molecule has 20 heavy (non-hydrogen) atoms. The lowest BCUT2D eigenvalue weighted by Crippen LogP contribution is -2.49. The smallest absolute Gasteiger partial charge is 0.135 e. The van der Waals surface area contributed by atoms with Crippen LogP contribution in [0.15, 0.2) is 0 Å². The van der Waals surface area contributed by atoms with Crippen LogP contribution in [0.25, 0.3) is 0 Å². The van der Waals surface area contributed by atoms with Crippen molar-refractivity contribution in [3.63, 3.8) is 0 Å². The number of aryl methyl sites for hydroxylation is 1. The van der Waals surface area contributed by atoms with E-state index < -0.39 is 0 Å². The second-order valence-corrected chi connectivity index (χ2v) is 7.86. The average molecular weight is 269 g/mol. The van der Waals surface area contributed by atoms with Gasteiger partial charge in [0, 0.05) is 29.8 Å². The molecule has 1 N–H and O–H groups in total. The highest BCUT2D eigenvalue weighted by molar-refractivity contribution is 5.31. The van der Waals surface area contributed by atoms with Crippen molar-refractivity contribution in [1.29, 1.82) is 0 Å². The minimum atomic E-state index is 0.344. The van der Waals surface area contributed by atoms with Crippen molar-refractivity contribution in [3.05, 3.63) is 22.8 Å². The zero-order valence-electron chi connectivity index (χ0n) is 12.3. The Morgan fingerprint density at radius 2 is 1.60 bits per heavy atom. The van der Waals surface area contributed by atoms with E-state index in [2.05, 4.69) is 12.2 Å². The monoisotopic (exact) mass is 269 g/mol. The van der Waals surface area contributed by atoms with Crippen molar-refractivity contribution in [2.75, 3.05) is 0 Å². The van der Waals surface area contributed by atoms with Crippen molar-refractivity contribution in [2.24, 2.45) is 17.8 Å². The van der Waals surface area contributed by atoms with Gasteiger partial charge in [0.1, 0.15) is 5.82 Å². The lowest BCUT2D eigenvalue weighted by molar-refractivity contribution is -0.00956. The standard InChI is InChI=1S/C17H23N3/c1-10-14-8-18-9-15(14)20-16(19-10)17-5-11-2-12(6-17)4-13(3-11)7-17/h11-13,18H,2-9H2,1H3. The highest BCUT2D eigenvalue weighted by Gasteiger charge is 2.53. The molecule has 0 spiro atoms. The first-order valence-corrected chi connectivity index (χ1v) is 8.29. The molecule has 0 atom stereocenters. The molecule has 4 aliphatic carbocycles. The van der Waals surface area contributed by atoms with Crippen LogP contribution in [-0.2, 0) is 18.5 Å². The molecule has 0 aromatic carbocycles. The highest BCUT2D eigenvalue weighted by Crippen LogP contribution is 2.60. The maximum atomic E-state index is 5.03. The number of hydrogen-bond acceptors (Lipinski definition) is 3. The van der Waals surface area contributed by atoms with Gasteiger partial charge in [0.15, 0.2) is 0 Å². The Morgan fingerprint density at radius 3 is 2.25 bits per heavy atom. The van der Waals surface area contributed by atoms with Gasteiger partial charge in [-0.2, -0.15) is 0 Å². The van der Waals surface area contributed by atoms with Crippen LogP contribution in [0.4, 0.5) is 0 Å². The molecular weight excluding hydrogens is 246 g/mol. The molecule has 0 saturated heterocycles. The summed E-state index contributed by atoms with van der Waals surface area (Å²) in [6.07, 6.45) is 8.57. The Balaban J connectivity index is 1.61. The summed E-state index contributed by atoms with van der Waals surface area (Å²) in [5, 5.41) is 3.43. The number of aromatic nitrogens is 2. The molecule has 1 aliphatic heterocycles. The number of nitrogens with one attached hydrogen (secondary N) is 1. The van der Waals surface area contributed by atoms with Gasteiger partial charge in [-0.1, -0.05) is 0 Å². The Kier molecular flexibility index (Phi) is 2.23. The molecular formula is C17H23N3. The number of hydrogen-bond donors (Lipinski definition) is 1. The Labute approximate surface area is 120 Å². The van der Waals surface area contributed by atoms with Crippen molar-refractivity contribution in [2.45, 2.75) is 64.0 Å². The van der Waals surface area contributed by atoms with E-state index in [9.17, 15) is 0 Å².